The van der Waals surface area contributed by atoms with E-state index in [-0.39, 0.29) is 11.8 Å². The van der Waals surface area contributed by atoms with Gasteiger partial charge >= 0.3 is 6.03 Å². The lowest BCUT2D eigenvalue weighted by atomic mass is 9.91. The molecule has 162 valence electrons. The van der Waals surface area contributed by atoms with Crippen molar-refractivity contribution in [3.8, 4) is 11.5 Å². The Bertz CT molecular complexity index is 994. The lowest BCUT2D eigenvalue weighted by molar-refractivity contribution is 0.102. The Labute approximate surface area is 182 Å². The molecule has 2 aliphatic rings. The molecule has 1 unspecified atom stereocenters. The van der Waals surface area contributed by atoms with E-state index in [1.54, 1.807) is 26.4 Å². The zero-order valence-corrected chi connectivity index (χ0v) is 17.8. The first kappa shape index (κ1) is 20.8. The maximum absolute atomic E-state index is 13.3. The van der Waals surface area contributed by atoms with Crippen LogP contribution in [-0.2, 0) is 0 Å². The summed E-state index contributed by atoms with van der Waals surface area (Å²) in [5, 5.41) is 5.44. The van der Waals surface area contributed by atoms with E-state index < -0.39 is 6.04 Å². The van der Waals surface area contributed by atoms with Crippen LogP contribution in [0.25, 0.3) is 0 Å². The fourth-order valence-electron chi connectivity index (χ4n) is 4.11. The molecule has 0 spiro atoms. The summed E-state index contributed by atoms with van der Waals surface area (Å²) in [6.45, 7) is 2.10. The Balaban J connectivity index is 1.60. The third kappa shape index (κ3) is 4.35. The summed E-state index contributed by atoms with van der Waals surface area (Å²) in [5.74, 6) is 0.972. The number of rotatable bonds is 6. The van der Waals surface area contributed by atoms with Gasteiger partial charge in [-0.3, -0.25) is 4.79 Å². The zero-order chi connectivity index (χ0) is 21.8. The molecule has 2 aliphatic heterocycles. The number of piperidine rings is 1. The Morgan fingerprint density at radius 2 is 1.68 bits per heavy atom. The Morgan fingerprint density at radius 1 is 0.968 bits per heavy atom. The van der Waals surface area contributed by atoms with Gasteiger partial charge in [0.25, 0.3) is 0 Å². The van der Waals surface area contributed by atoms with Gasteiger partial charge in [-0.1, -0.05) is 6.07 Å². The van der Waals surface area contributed by atoms with E-state index in [1.165, 1.54) is 25.5 Å². The van der Waals surface area contributed by atoms with Gasteiger partial charge in [-0.2, -0.15) is 0 Å². The van der Waals surface area contributed by atoms with Gasteiger partial charge in [-0.15, -0.1) is 0 Å². The summed E-state index contributed by atoms with van der Waals surface area (Å²) in [4.78, 5) is 27.7. The molecule has 2 N–H and O–H groups in total. The van der Waals surface area contributed by atoms with Crippen LogP contribution in [0.2, 0.25) is 0 Å². The minimum Gasteiger partial charge on any atom is -0.493 e. The largest absolute Gasteiger partial charge is 0.493 e. The van der Waals surface area contributed by atoms with Crippen molar-refractivity contribution in [2.75, 3.05) is 32.2 Å². The highest BCUT2D eigenvalue weighted by Gasteiger charge is 2.29. The summed E-state index contributed by atoms with van der Waals surface area (Å²) in [7, 11) is 3.11. The first-order valence-corrected chi connectivity index (χ1v) is 10.5. The highest BCUT2D eigenvalue weighted by molar-refractivity contribution is 6.10. The van der Waals surface area contributed by atoms with Crippen molar-refractivity contribution in [1.82, 2.24) is 10.6 Å². The molecule has 2 aromatic rings. The molecule has 2 aromatic carbocycles. The number of carbonyl (C=O) groups is 2. The van der Waals surface area contributed by atoms with E-state index >= 15 is 0 Å². The molecule has 0 bridgehead atoms. The second-order valence-corrected chi connectivity index (χ2v) is 7.69. The number of urea groups is 1. The lowest BCUT2D eigenvalue weighted by Crippen LogP contribution is -2.42. The number of amides is 2. The van der Waals surface area contributed by atoms with E-state index in [9.17, 15) is 9.59 Å². The third-order valence-electron chi connectivity index (χ3n) is 5.80. The summed E-state index contributed by atoms with van der Waals surface area (Å²) < 4.78 is 10.7. The van der Waals surface area contributed by atoms with Gasteiger partial charge < -0.3 is 25.0 Å². The minimum atomic E-state index is -0.595. The Kier molecular flexibility index (Phi) is 6.11. The monoisotopic (exact) mass is 421 g/mol. The molecule has 7 nitrogen and oxygen atoms in total. The number of Topliss-reactive ketones (excluding diaryl/α,β-unsaturated/α-hetero) is 1. The van der Waals surface area contributed by atoms with Crippen molar-refractivity contribution in [1.29, 1.82) is 0 Å². The Morgan fingerprint density at radius 3 is 2.35 bits per heavy atom. The average molecular weight is 421 g/mol. The maximum atomic E-state index is 13.3. The number of anilines is 1. The molecule has 4 rings (SSSR count). The smallest absolute Gasteiger partial charge is 0.319 e. The van der Waals surface area contributed by atoms with Crippen LogP contribution in [0.3, 0.4) is 0 Å². The van der Waals surface area contributed by atoms with Crippen LogP contribution >= 0.6 is 0 Å². The van der Waals surface area contributed by atoms with Crippen LogP contribution in [0, 0.1) is 0 Å². The van der Waals surface area contributed by atoms with E-state index in [0.29, 0.717) is 22.6 Å². The number of carbonyl (C=O) groups excluding carboxylic acids is 2. The van der Waals surface area contributed by atoms with E-state index in [2.05, 4.69) is 15.5 Å². The van der Waals surface area contributed by atoms with Crippen molar-refractivity contribution in [2.24, 2.45) is 0 Å². The minimum absolute atomic E-state index is 0.141. The standard InChI is InChI=1S/C24H27N3O4/c1-30-20-11-8-17(14-21(20)31-2)22-19(15-25-24(29)26-22)23(28)16-6-9-18(10-7-16)27-12-4-3-5-13-27/h6-11,14-15,22H,3-5,12-13H2,1-2H3,(H2,25,26,29). The SMILES string of the molecule is COc1ccc(C2NC(=O)NC=C2C(=O)c2ccc(N3CCCCC3)cc2)cc1OC. The number of ether oxygens (including phenoxy) is 2. The van der Waals surface area contributed by atoms with E-state index in [0.717, 1.165) is 24.3 Å². The van der Waals surface area contributed by atoms with Crippen LogP contribution in [0.1, 0.15) is 41.2 Å². The quantitative estimate of drug-likeness (QED) is 0.694. The molecule has 2 heterocycles. The highest BCUT2D eigenvalue weighted by Crippen LogP contribution is 2.34. The predicted octanol–water partition coefficient (Wildman–Crippen LogP) is 3.81. The van der Waals surface area contributed by atoms with E-state index in [4.69, 9.17) is 9.47 Å². The topological polar surface area (TPSA) is 79.9 Å². The molecule has 31 heavy (non-hydrogen) atoms. The number of hydrogen-bond donors (Lipinski definition) is 2. The van der Waals surface area contributed by atoms with Gasteiger partial charge in [0, 0.05) is 36.1 Å². The van der Waals surface area contributed by atoms with Gasteiger partial charge in [0.2, 0.25) is 0 Å². The number of hydrogen-bond acceptors (Lipinski definition) is 5. The summed E-state index contributed by atoms with van der Waals surface area (Å²) in [6, 6.07) is 12.1. The van der Waals surface area contributed by atoms with Gasteiger partial charge in [0.05, 0.1) is 20.3 Å². The number of benzene rings is 2. The van der Waals surface area contributed by atoms with Crippen molar-refractivity contribution < 1.29 is 19.1 Å². The zero-order valence-electron chi connectivity index (χ0n) is 17.8. The second kappa shape index (κ2) is 9.12. The van der Waals surface area contributed by atoms with Crippen molar-refractivity contribution >= 4 is 17.5 Å². The molecule has 1 saturated heterocycles. The number of nitrogens with one attached hydrogen (secondary N) is 2. The molecule has 0 aliphatic carbocycles. The molecule has 7 heteroatoms. The summed E-state index contributed by atoms with van der Waals surface area (Å²) in [6.07, 6.45) is 5.16. The number of ketones is 1. The van der Waals surface area contributed by atoms with E-state index in [1.807, 2.05) is 30.3 Å². The van der Waals surface area contributed by atoms with Crippen molar-refractivity contribution in [3.05, 3.63) is 65.4 Å². The first-order chi connectivity index (χ1) is 15.1. The molecule has 0 saturated carbocycles. The van der Waals surface area contributed by atoms with Crippen LogP contribution in [0.15, 0.2) is 54.2 Å². The van der Waals surface area contributed by atoms with Gasteiger partial charge in [-0.25, -0.2) is 4.79 Å². The fourth-order valence-corrected chi connectivity index (χ4v) is 4.11. The molecular formula is C24H27N3O4. The summed E-state index contributed by atoms with van der Waals surface area (Å²) in [5.41, 5.74) is 2.90. The normalized spacial score (nSPS) is 18.5. The number of nitrogens with zero attached hydrogens (tertiary/aromatic N) is 1. The molecular weight excluding hydrogens is 394 g/mol. The molecule has 0 aromatic heterocycles. The van der Waals surface area contributed by atoms with Crippen LogP contribution in [0.5, 0.6) is 11.5 Å². The highest BCUT2D eigenvalue weighted by atomic mass is 16.5. The first-order valence-electron chi connectivity index (χ1n) is 10.5. The van der Waals surface area contributed by atoms with Crippen LogP contribution in [-0.4, -0.2) is 39.1 Å². The number of methoxy groups -OCH3 is 2. The molecule has 0 radical (unpaired) electrons. The second-order valence-electron chi connectivity index (χ2n) is 7.69. The maximum Gasteiger partial charge on any atom is 0.319 e. The van der Waals surface area contributed by atoms with Gasteiger partial charge in [-0.05, 0) is 61.2 Å². The fraction of sp³-hybridized carbons (Fsp3) is 0.333. The summed E-state index contributed by atoms with van der Waals surface area (Å²) >= 11 is 0. The predicted molar refractivity (Wildman–Crippen MR) is 119 cm³/mol. The lowest BCUT2D eigenvalue weighted by Gasteiger charge is -2.29. The average Bonchev–Trinajstić information content (AvgIpc) is 2.83. The van der Waals surface area contributed by atoms with Crippen LogP contribution in [0.4, 0.5) is 10.5 Å². The van der Waals surface area contributed by atoms with Gasteiger partial charge in [0.1, 0.15) is 0 Å². The third-order valence-corrected chi connectivity index (χ3v) is 5.80. The van der Waals surface area contributed by atoms with Crippen molar-refractivity contribution in [2.45, 2.75) is 25.3 Å². The molecule has 1 atom stereocenters. The molecule has 1 fully saturated rings. The van der Waals surface area contributed by atoms with Gasteiger partial charge in [0.15, 0.2) is 17.3 Å². The Hall–Kier alpha value is -3.48. The molecule has 2 amide bonds. The van der Waals surface area contributed by atoms with Crippen molar-refractivity contribution in [3.63, 3.8) is 0 Å². The van der Waals surface area contributed by atoms with Crippen LogP contribution < -0.4 is 25.0 Å².